The highest BCUT2D eigenvalue weighted by molar-refractivity contribution is 5.45. The average Bonchev–Trinajstić information content (AvgIpc) is 2.43. The summed E-state index contributed by atoms with van der Waals surface area (Å²) < 4.78 is 0. The molecule has 0 atom stereocenters. The van der Waals surface area contributed by atoms with E-state index >= 15 is 0 Å². The average molecular weight is 262 g/mol. The van der Waals surface area contributed by atoms with E-state index in [1.165, 1.54) is 63.9 Å². The van der Waals surface area contributed by atoms with E-state index < -0.39 is 0 Å². The van der Waals surface area contributed by atoms with Crippen molar-refractivity contribution in [3.63, 3.8) is 0 Å². The summed E-state index contributed by atoms with van der Waals surface area (Å²) in [5.41, 5.74) is 0. The van der Waals surface area contributed by atoms with Gasteiger partial charge in [0.2, 0.25) is 0 Å². The molecule has 0 saturated carbocycles. The quantitative estimate of drug-likeness (QED) is 0.233. The third kappa shape index (κ3) is 16.9. The standard InChI is InChI=1S/C18H30O/c1-2-3-4-5-6-7-8-9-10-11-12-13-14-15-16-17-18-19/h6-7,14-15,17H,2-5,8-13,16H2,1H3/b7-6?,15-14-. The minimum Gasteiger partial charge on any atom is -0.234 e. The molecule has 0 aliphatic heterocycles. The molecule has 0 aromatic heterocycles. The van der Waals surface area contributed by atoms with E-state index in [1.54, 1.807) is 5.94 Å². The Labute approximate surface area is 119 Å². The zero-order valence-corrected chi connectivity index (χ0v) is 12.6. The van der Waals surface area contributed by atoms with Crippen LogP contribution in [0.4, 0.5) is 0 Å². The summed E-state index contributed by atoms with van der Waals surface area (Å²) in [7, 11) is 0. The van der Waals surface area contributed by atoms with Gasteiger partial charge in [0.05, 0.1) is 0 Å². The second-order valence-corrected chi connectivity index (χ2v) is 4.99. The van der Waals surface area contributed by atoms with Crippen LogP contribution < -0.4 is 0 Å². The second-order valence-electron chi connectivity index (χ2n) is 4.99. The van der Waals surface area contributed by atoms with Crippen molar-refractivity contribution in [3.8, 4) is 0 Å². The number of hydrogen-bond acceptors (Lipinski definition) is 1. The van der Waals surface area contributed by atoms with Crippen LogP contribution in [-0.4, -0.2) is 5.94 Å². The van der Waals surface area contributed by atoms with Gasteiger partial charge in [0.15, 0.2) is 0 Å². The maximum absolute atomic E-state index is 9.92. The number of rotatable bonds is 13. The molecule has 108 valence electrons. The van der Waals surface area contributed by atoms with Gasteiger partial charge in [-0.3, -0.25) is 0 Å². The summed E-state index contributed by atoms with van der Waals surface area (Å²) in [4.78, 5) is 9.92. The van der Waals surface area contributed by atoms with Crippen LogP contribution in [0.25, 0.3) is 0 Å². The maximum atomic E-state index is 9.92. The monoisotopic (exact) mass is 262 g/mol. The van der Waals surface area contributed by atoms with Crippen molar-refractivity contribution < 1.29 is 4.79 Å². The van der Waals surface area contributed by atoms with E-state index in [4.69, 9.17) is 0 Å². The lowest BCUT2D eigenvalue weighted by molar-refractivity contribution is 0.568. The van der Waals surface area contributed by atoms with Crippen LogP contribution in [0.15, 0.2) is 30.4 Å². The maximum Gasteiger partial charge on any atom is 0.120 e. The molecular formula is C18H30O. The van der Waals surface area contributed by atoms with Gasteiger partial charge in [-0.2, -0.15) is 0 Å². The smallest absolute Gasteiger partial charge is 0.120 e. The van der Waals surface area contributed by atoms with Gasteiger partial charge in [0.25, 0.3) is 0 Å². The van der Waals surface area contributed by atoms with E-state index in [0.717, 1.165) is 12.8 Å². The first-order valence-corrected chi connectivity index (χ1v) is 7.91. The van der Waals surface area contributed by atoms with Gasteiger partial charge in [-0.25, -0.2) is 4.79 Å². The van der Waals surface area contributed by atoms with Gasteiger partial charge >= 0.3 is 0 Å². The molecule has 0 fully saturated rings. The first-order chi connectivity index (χ1) is 9.41. The molecule has 0 amide bonds. The Morgan fingerprint density at radius 1 is 0.737 bits per heavy atom. The lowest BCUT2D eigenvalue weighted by atomic mass is 10.1. The largest absolute Gasteiger partial charge is 0.234 e. The van der Waals surface area contributed by atoms with E-state index in [1.807, 2.05) is 6.08 Å². The highest BCUT2D eigenvalue weighted by Gasteiger charge is 1.88. The lowest BCUT2D eigenvalue weighted by Crippen LogP contribution is -1.77. The van der Waals surface area contributed by atoms with E-state index in [-0.39, 0.29) is 0 Å². The van der Waals surface area contributed by atoms with Crippen LogP contribution in [-0.2, 0) is 4.79 Å². The summed E-state index contributed by atoms with van der Waals surface area (Å²) >= 11 is 0. The van der Waals surface area contributed by atoms with Crippen molar-refractivity contribution >= 4 is 5.94 Å². The highest BCUT2D eigenvalue weighted by atomic mass is 16.1. The Bertz CT molecular complexity index is 269. The molecule has 0 heterocycles. The van der Waals surface area contributed by atoms with Gasteiger partial charge in [0, 0.05) is 6.08 Å². The van der Waals surface area contributed by atoms with Gasteiger partial charge in [-0.1, -0.05) is 56.9 Å². The highest BCUT2D eigenvalue weighted by Crippen LogP contribution is 2.07. The molecule has 19 heavy (non-hydrogen) atoms. The Hall–Kier alpha value is -1.07. The molecule has 0 saturated heterocycles. The van der Waals surface area contributed by atoms with Crippen LogP contribution in [0.2, 0.25) is 0 Å². The van der Waals surface area contributed by atoms with E-state index in [2.05, 4.69) is 25.2 Å². The van der Waals surface area contributed by atoms with Gasteiger partial charge in [-0.05, 0) is 44.9 Å². The van der Waals surface area contributed by atoms with Crippen molar-refractivity contribution in [2.24, 2.45) is 0 Å². The van der Waals surface area contributed by atoms with Crippen LogP contribution in [0.3, 0.4) is 0 Å². The number of carbonyl (C=O) groups excluding carboxylic acids is 1. The fraction of sp³-hybridized carbons (Fsp3) is 0.667. The fourth-order valence-corrected chi connectivity index (χ4v) is 1.96. The van der Waals surface area contributed by atoms with Crippen molar-refractivity contribution in [2.75, 3.05) is 0 Å². The second kappa shape index (κ2) is 16.9. The number of hydrogen-bond donors (Lipinski definition) is 0. The molecule has 0 bridgehead atoms. The summed E-state index contributed by atoms with van der Waals surface area (Å²) in [5, 5.41) is 0. The summed E-state index contributed by atoms with van der Waals surface area (Å²) in [6.07, 6.45) is 24.1. The minimum atomic E-state index is 0.728. The predicted octanol–water partition coefficient (Wildman–Crippen LogP) is 5.80. The topological polar surface area (TPSA) is 17.1 Å². The van der Waals surface area contributed by atoms with Gasteiger partial charge in [-0.15, -0.1) is 0 Å². The molecule has 0 aromatic carbocycles. The van der Waals surface area contributed by atoms with Crippen LogP contribution in [0, 0.1) is 0 Å². The van der Waals surface area contributed by atoms with Crippen LogP contribution >= 0.6 is 0 Å². The van der Waals surface area contributed by atoms with Crippen LogP contribution in [0.5, 0.6) is 0 Å². The van der Waals surface area contributed by atoms with Crippen molar-refractivity contribution in [3.05, 3.63) is 30.4 Å². The Morgan fingerprint density at radius 2 is 1.26 bits per heavy atom. The molecular weight excluding hydrogens is 232 g/mol. The molecule has 0 spiro atoms. The molecule has 0 aliphatic rings. The molecule has 1 heteroatoms. The van der Waals surface area contributed by atoms with Crippen molar-refractivity contribution in [1.82, 2.24) is 0 Å². The minimum absolute atomic E-state index is 0.728. The summed E-state index contributed by atoms with van der Waals surface area (Å²) in [5.74, 6) is 1.78. The Kier molecular flexibility index (Phi) is 16.0. The van der Waals surface area contributed by atoms with Gasteiger partial charge < -0.3 is 0 Å². The van der Waals surface area contributed by atoms with E-state index in [0.29, 0.717) is 0 Å². The van der Waals surface area contributed by atoms with Crippen molar-refractivity contribution in [1.29, 1.82) is 0 Å². The predicted molar refractivity (Wildman–Crippen MR) is 85.0 cm³/mol. The zero-order valence-electron chi connectivity index (χ0n) is 12.6. The van der Waals surface area contributed by atoms with Gasteiger partial charge in [0.1, 0.15) is 5.94 Å². The molecule has 0 aromatic rings. The molecule has 0 radical (unpaired) electrons. The fourth-order valence-electron chi connectivity index (χ4n) is 1.96. The van der Waals surface area contributed by atoms with E-state index in [9.17, 15) is 4.79 Å². The normalized spacial score (nSPS) is 11.2. The first-order valence-electron chi connectivity index (χ1n) is 7.91. The molecule has 0 unspecified atom stereocenters. The first kappa shape index (κ1) is 17.9. The van der Waals surface area contributed by atoms with Crippen LogP contribution in [0.1, 0.15) is 77.6 Å². The number of unbranched alkanes of at least 4 members (excludes halogenated alkanes) is 8. The summed E-state index contributed by atoms with van der Waals surface area (Å²) in [6, 6.07) is 0. The third-order valence-corrected chi connectivity index (χ3v) is 3.14. The SMILES string of the molecule is CCCCCC=CCCCCCC/C=C\CC=C=O. The molecule has 0 N–H and O–H groups in total. The molecule has 0 aliphatic carbocycles. The third-order valence-electron chi connectivity index (χ3n) is 3.14. The summed E-state index contributed by atoms with van der Waals surface area (Å²) in [6.45, 7) is 2.25. The molecule has 1 nitrogen and oxygen atoms in total. The lowest BCUT2D eigenvalue weighted by Gasteiger charge is -1.97. The Balaban J connectivity index is 3.14. The zero-order chi connectivity index (χ0) is 14.0. The molecule has 0 rings (SSSR count). The Morgan fingerprint density at radius 3 is 1.79 bits per heavy atom. The van der Waals surface area contributed by atoms with Crippen molar-refractivity contribution in [2.45, 2.75) is 77.6 Å². The number of allylic oxidation sites excluding steroid dienone is 5.